The Morgan fingerprint density at radius 3 is 1.46 bits per heavy atom. The van der Waals surface area contributed by atoms with Gasteiger partial charge in [-0.05, 0) is 0 Å². The molecule has 0 bridgehead atoms. The maximum absolute atomic E-state index is 18.5. The van der Waals surface area contributed by atoms with Gasteiger partial charge in [-0.2, -0.15) is 0 Å². The van der Waals surface area contributed by atoms with Crippen molar-refractivity contribution >= 4 is 24.8 Å². The summed E-state index contributed by atoms with van der Waals surface area (Å²) in [5, 5.41) is 1.33. The molecule has 0 N–H and O–H groups in total. The van der Waals surface area contributed by atoms with E-state index in [0.29, 0.717) is 23.5 Å². The van der Waals surface area contributed by atoms with E-state index in [9.17, 15) is 0 Å². The number of nitrogens with zero attached hydrogens (tertiary/aromatic N) is 1. The van der Waals surface area contributed by atoms with Gasteiger partial charge in [-0.15, -0.1) is 0 Å². The Bertz CT molecular complexity index is 756. The van der Waals surface area contributed by atoms with Crippen molar-refractivity contribution in [2.24, 2.45) is 0 Å². The first-order valence-electron chi connectivity index (χ1n) is 10.2. The van der Waals surface area contributed by atoms with Crippen LogP contribution >= 0.6 is 0 Å². The quantitative estimate of drug-likeness (QED) is 0.546. The van der Waals surface area contributed by atoms with Crippen LogP contribution in [0.5, 0.6) is 0 Å². The van der Waals surface area contributed by atoms with Crippen LogP contribution in [0.1, 0.15) is 41.5 Å². The van der Waals surface area contributed by atoms with Crippen molar-refractivity contribution in [3.8, 4) is 0 Å². The average molecular weight is 400 g/mol. The fourth-order valence-corrected chi connectivity index (χ4v) is 10.2. The van der Waals surface area contributed by atoms with Crippen LogP contribution in [0.3, 0.4) is 0 Å². The fourth-order valence-electron chi connectivity index (χ4n) is 4.36. The summed E-state index contributed by atoms with van der Waals surface area (Å²) >= 11 is 0. The molecule has 28 heavy (non-hydrogen) atoms. The standard InChI is InChI=1S/C22H32BFNO2Si/c1-7-25(8-2)28(24,19-15-11-9-12-16-19,20-17-13-10-14-18-20)23-26-21(3,4)22(5,6)27-23/h9-18H,7-8H2,1-6H3/q-1. The molecule has 6 heteroatoms. The number of halogens is 1. The maximum atomic E-state index is 18.5. The van der Waals surface area contributed by atoms with E-state index >= 15 is 4.11 Å². The van der Waals surface area contributed by atoms with Gasteiger partial charge >= 0.3 is 169 Å². The van der Waals surface area contributed by atoms with Crippen molar-refractivity contribution < 1.29 is 13.4 Å². The Hall–Kier alpha value is -1.47. The van der Waals surface area contributed by atoms with Crippen molar-refractivity contribution in [2.75, 3.05) is 13.1 Å². The summed E-state index contributed by atoms with van der Waals surface area (Å²) in [6.45, 7) is 12.1. The van der Waals surface area contributed by atoms with Gasteiger partial charge in [-0.3, -0.25) is 0 Å². The zero-order chi connectivity index (χ0) is 20.7. The van der Waals surface area contributed by atoms with E-state index in [2.05, 4.69) is 0 Å². The van der Waals surface area contributed by atoms with Crippen molar-refractivity contribution in [3.05, 3.63) is 60.7 Å². The summed E-state index contributed by atoms with van der Waals surface area (Å²) in [5.74, 6) is 0. The molecule has 0 saturated carbocycles. The molecule has 0 aliphatic carbocycles. The van der Waals surface area contributed by atoms with Crippen LogP contribution < -0.4 is 10.4 Å². The van der Waals surface area contributed by atoms with Crippen LogP contribution in [-0.4, -0.2) is 43.3 Å². The molecule has 152 valence electrons. The second-order valence-corrected chi connectivity index (χ2v) is 13.2. The predicted molar refractivity (Wildman–Crippen MR) is 118 cm³/mol. The summed E-state index contributed by atoms with van der Waals surface area (Å²) in [6.07, 6.45) is 0. The van der Waals surface area contributed by atoms with E-state index in [0.717, 1.165) is 0 Å². The summed E-state index contributed by atoms with van der Waals surface area (Å²) in [7, 11) is -4.90. The molecule has 0 amide bonds. The van der Waals surface area contributed by atoms with Crippen molar-refractivity contribution in [3.63, 3.8) is 0 Å². The van der Waals surface area contributed by atoms with Crippen LogP contribution in [0.15, 0.2) is 60.7 Å². The van der Waals surface area contributed by atoms with Gasteiger partial charge in [-0.25, -0.2) is 0 Å². The molecular formula is C22H32BFNO2Si-. The van der Waals surface area contributed by atoms with E-state index in [4.69, 9.17) is 9.31 Å². The Morgan fingerprint density at radius 1 is 0.786 bits per heavy atom. The zero-order valence-corrected chi connectivity index (χ0v) is 18.9. The van der Waals surface area contributed by atoms with Gasteiger partial charge in [0, 0.05) is 0 Å². The molecule has 2 aromatic rings. The molecule has 1 aliphatic rings. The molecule has 3 nitrogen and oxygen atoms in total. The number of hydrogen-bond donors (Lipinski definition) is 0. The van der Waals surface area contributed by atoms with Crippen LogP contribution in [0.2, 0.25) is 0 Å². The number of rotatable bonds is 6. The van der Waals surface area contributed by atoms with Gasteiger partial charge in [-0.1, -0.05) is 0 Å². The van der Waals surface area contributed by atoms with Gasteiger partial charge in [0.05, 0.1) is 0 Å². The van der Waals surface area contributed by atoms with E-state index in [-0.39, 0.29) is 0 Å². The average Bonchev–Trinajstić information content (AvgIpc) is 2.92. The van der Waals surface area contributed by atoms with Gasteiger partial charge in [0.2, 0.25) is 0 Å². The van der Waals surface area contributed by atoms with E-state index in [1.54, 1.807) is 0 Å². The molecule has 0 spiro atoms. The van der Waals surface area contributed by atoms with Crippen LogP contribution in [0, 0.1) is 0 Å². The van der Waals surface area contributed by atoms with E-state index < -0.39 is 25.6 Å². The fraction of sp³-hybridized carbons (Fsp3) is 0.455. The third-order valence-corrected chi connectivity index (χ3v) is 12.5. The van der Waals surface area contributed by atoms with Gasteiger partial charge < -0.3 is 0 Å². The van der Waals surface area contributed by atoms with Crippen LogP contribution in [-0.2, 0) is 9.31 Å². The first-order chi connectivity index (χ1) is 13.1. The normalized spacial score (nSPS) is 20.1. The summed E-state index contributed by atoms with van der Waals surface area (Å²) < 4.78 is 33.4. The summed E-state index contributed by atoms with van der Waals surface area (Å²) in [4.78, 5) is 0. The zero-order valence-electron chi connectivity index (χ0n) is 17.9. The van der Waals surface area contributed by atoms with E-state index in [1.807, 2.05) is 107 Å². The minimum atomic E-state index is -4.90. The Labute approximate surface area is 169 Å². The van der Waals surface area contributed by atoms with Crippen molar-refractivity contribution in [1.82, 2.24) is 4.57 Å². The predicted octanol–water partition coefficient (Wildman–Crippen LogP) is 3.68. The van der Waals surface area contributed by atoms with Crippen molar-refractivity contribution in [2.45, 2.75) is 52.7 Å². The third kappa shape index (κ3) is 2.81. The monoisotopic (exact) mass is 400 g/mol. The molecule has 2 aromatic carbocycles. The topological polar surface area (TPSA) is 21.7 Å². The summed E-state index contributed by atoms with van der Waals surface area (Å²) in [5.41, 5.74) is -1.23. The number of benzene rings is 2. The molecular weight excluding hydrogens is 368 g/mol. The molecule has 1 fully saturated rings. The molecule has 1 aliphatic heterocycles. The Kier molecular flexibility index (Phi) is 5.38. The first kappa shape index (κ1) is 21.2. The van der Waals surface area contributed by atoms with Crippen LogP contribution in [0.25, 0.3) is 0 Å². The Balaban J connectivity index is 2.39. The molecule has 3 rings (SSSR count). The third-order valence-electron chi connectivity index (χ3n) is 6.71. The minimum absolute atomic E-state index is 0.564. The molecule has 1 heterocycles. The molecule has 0 radical (unpaired) electrons. The molecule has 0 atom stereocenters. The second-order valence-electron chi connectivity index (χ2n) is 8.64. The SMILES string of the molecule is CCN(CC)[Si-](F)(B1OC(C)(C)C(C)(C)O1)(c1ccccc1)c1ccccc1. The molecule has 1 saturated heterocycles. The van der Waals surface area contributed by atoms with Crippen molar-refractivity contribution in [1.29, 1.82) is 0 Å². The number of hydrogen-bond acceptors (Lipinski definition) is 3. The summed E-state index contributed by atoms with van der Waals surface area (Å²) in [6, 6.07) is 19.0. The molecule has 0 aromatic heterocycles. The van der Waals surface area contributed by atoms with Gasteiger partial charge in [0.1, 0.15) is 0 Å². The molecule has 0 unspecified atom stereocenters. The first-order valence-corrected chi connectivity index (χ1v) is 12.6. The van der Waals surface area contributed by atoms with Gasteiger partial charge in [0.15, 0.2) is 0 Å². The van der Waals surface area contributed by atoms with Gasteiger partial charge in [0.25, 0.3) is 0 Å². The Morgan fingerprint density at radius 2 is 1.14 bits per heavy atom. The second kappa shape index (κ2) is 7.10. The van der Waals surface area contributed by atoms with E-state index in [1.165, 1.54) is 0 Å². The van der Waals surface area contributed by atoms with Crippen LogP contribution in [0.4, 0.5) is 4.11 Å².